The third kappa shape index (κ3) is 2.90. The van der Waals surface area contributed by atoms with Gasteiger partial charge in [0, 0.05) is 44.0 Å². The Morgan fingerprint density at radius 1 is 1.00 bits per heavy atom. The zero-order chi connectivity index (χ0) is 18.1. The van der Waals surface area contributed by atoms with E-state index in [-0.39, 0.29) is 18.4 Å². The summed E-state index contributed by atoms with van der Waals surface area (Å²) in [4.78, 5) is 27.1. The average molecular weight is 355 g/mol. The first-order chi connectivity index (χ1) is 12.6. The van der Waals surface area contributed by atoms with Gasteiger partial charge in [0.05, 0.1) is 10.5 Å². The van der Waals surface area contributed by atoms with Gasteiger partial charge in [-0.2, -0.15) is 0 Å². The van der Waals surface area contributed by atoms with Crippen molar-refractivity contribution in [1.82, 2.24) is 4.90 Å². The molecule has 2 aliphatic heterocycles. The summed E-state index contributed by atoms with van der Waals surface area (Å²) in [5.74, 6) is 1.03. The molecule has 0 radical (unpaired) electrons. The number of amides is 1. The van der Waals surface area contributed by atoms with Gasteiger partial charge in [-0.1, -0.05) is 6.07 Å². The van der Waals surface area contributed by atoms with Crippen molar-refractivity contribution in [2.75, 3.05) is 37.9 Å². The lowest BCUT2D eigenvalue weighted by Gasteiger charge is -2.36. The van der Waals surface area contributed by atoms with Gasteiger partial charge in [-0.15, -0.1) is 0 Å². The minimum atomic E-state index is -0.412. The van der Waals surface area contributed by atoms with Crippen LogP contribution in [0.4, 0.5) is 11.4 Å². The first-order valence-corrected chi connectivity index (χ1v) is 8.31. The van der Waals surface area contributed by atoms with Gasteiger partial charge in [0.25, 0.3) is 11.6 Å². The molecule has 8 heteroatoms. The molecule has 2 aliphatic rings. The molecule has 8 nitrogen and oxygen atoms in total. The molecule has 0 unspecified atom stereocenters. The highest BCUT2D eigenvalue weighted by Crippen LogP contribution is 2.36. The minimum Gasteiger partial charge on any atom is -0.454 e. The molecule has 2 aromatic rings. The van der Waals surface area contributed by atoms with E-state index in [9.17, 15) is 14.9 Å². The maximum atomic E-state index is 12.8. The molecule has 26 heavy (non-hydrogen) atoms. The summed E-state index contributed by atoms with van der Waals surface area (Å²) in [6.45, 7) is 2.60. The molecule has 1 amide bonds. The Kier molecular flexibility index (Phi) is 4.08. The van der Waals surface area contributed by atoms with Crippen LogP contribution in [0.2, 0.25) is 0 Å². The summed E-state index contributed by atoms with van der Waals surface area (Å²) in [6, 6.07) is 11.8. The Bertz CT molecular complexity index is 844. The topological polar surface area (TPSA) is 85.2 Å². The van der Waals surface area contributed by atoms with Crippen LogP contribution in [-0.2, 0) is 0 Å². The van der Waals surface area contributed by atoms with Gasteiger partial charge in [0.1, 0.15) is 0 Å². The van der Waals surface area contributed by atoms with Crippen LogP contribution in [0.25, 0.3) is 0 Å². The fourth-order valence-corrected chi connectivity index (χ4v) is 3.22. The number of carbonyl (C=O) groups is 1. The highest BCUT2D eigenvalue weighted by molar-refractivity contribution is 5.98. The Hall–Kier alpha value is -3.29. The average Bonchev–Trinajstić information content (AvgIpc) is 3.16. The molecule has 2 aromatic carbocycles. The predicted molar refractivity (Wildman–Crippen MR) is 93.8 cm³/mol. The quantitative estimate of drug-likeness (QED) is 0.620. The van der Waals surface area contributed by atoms with E-state index in [1.807, 2.05) is 0 Å². The second-order valence-electron chi connectivity index (χ2n) is 6.09. The van der Waals surface area contributed by atoms with E-state index in [1.165, 1.54) is 12.1 Å². The van der Waals surface area contributed by atoms with Crippen molar-refractivity contribution in [3.63, 3.8) is 0 Å². The number of ether oxygens (including phenoxy) is 2. The number of rotatable bonds is 3. The van der Waals surface area contributed by atoms with Crippen LogP contribution < -0.4 is 14.4 Å². The molecular formula is C18H17N3O5. The van der Waals surface area contributed by atoms with E-state index < -0.39 is 4.92 Å². The summed E-state index contributed by atoms with van der Waals surface area (Å²) < 4.78 is 10.8. The zero-order valence-electron chi connectivity index (χ0n) is 14.0. The first-order valence-electron chi connectivity index (χ1n) is 8.31. The van der Waals surface area contributed by atoms with Gasteiger partial charge < -0.3 is 19.3 Å². The van der Waals surface area contributed by atoms with Crippen molar-refractivity contribution in [2.24, 2.45) is 0 Å². The number of carbonyl (C=O) groups excluding carboxylic acids is 1. The van der Waals surface area contributed by atoms with Gasteiger partial charge in [0.2, 0.25) is 6.79 Å². The molecule has 0 spiro atoms. The van der Waals surface area contributed by atoms with Crippen LogP contribution in [0.15, 0.2) is 42.5 Å². The largest absolute Gasteiger partial charge is 0.454 e. The van der Waals surface area contributed by atoms with E-state index in [0.29, 0.717) is 43.2 Å². The van der Waals surface area contributed by atoms with E-state index in [0.717, 1.165) is 5.69 Å². The highest BCUT2D eigenvalue weighted by atomic mass is 16.7. The number of hydrogen-bond acceptors (Lipinski definition) is 6. The number of non-ortho nitro benzene ring substituents is 1. The molecule has 0 atom stereocenters. The number of benzene rings is 2. The highest BCUT2D eigenvalue weighted by Gasteiger charge is 2.28. The van der Waals surface area contributed by atoms with Crippen LogP contribution in [0.1, 0.15) is 10.4 Å². The van der Waals surface area contributed by atoms with E-state index in [4.69, 9.17) is 9.47 Å². The molecule has 0 bridgehead atoms. The number of anilines is 1. The summed E-state index contributed by atoms with van der Waals surface area (Å²) >= 11 is 0. The molecule has 4 rings (SSSR count). The van der Waals surface area contributed by atoms with Gasteiger partial charge in [-0.25, -0.2) is 0 Å². The maximum absolute atomic E-state index is 12.8. The number of hydrogen-bond donors (Lipinski definition) is 0. The predicted octanol–water partition coefficient (Wildman–Crippen LogP) is 2.29. The third-order valence-electron chi connectivity index (χ3n) is 4.62. The normalized spacial score (nSPS) is 15.8. The molecule has 1 saturated heterocycles. The third-order valence-corrected chi connectivity index (χ3v) is 4.62. The van der Waals surface area contributed by atoms with E-state index in [1.54, 1.807) is 35.2 Å². The standard InChI is InChI=1S/C18H17N3O5/c22-18(15-2-1-3-16-17(15)26-12-25-16)20-10-8-19(9-11-20)13-4-6-14(7-5-13)21(23)24/h1-7H,8-12H2. The van der Waals surface area contributed by atoms with Crippen molar-refractivity contribution in [3.8, 4) is 11.5 Å². The smallest absolute Gasteiger partial charge is 0.269 e. The Morgan fingerprint density at radius 2 is 1.73 bits per heavy atom. The second kappa shape index (κ2) is 6.55. The number of fused-ring (bicyclic) bond motifs is 1. The Labute approximate surface area is 149 Å². The summed E-state index contributed by atoms with van der Waals surface area (Å²) in [6.07, 6.45) is 0. The van der Waals surface area contributed by atoms with E-state index >= 15 is 0 Å². The first kappa shape index (κ1) is 16.2. The lowest BCUT2D eigenvalue weighted by molar-refractivity contribution is -0.384. The maximum Gasteiger partial charge on any atom is 0.269 e. The molecule has 2 heterocycles. The van der Waals surface area contributed by atoms with Crippen molar-refractivity contribution < 1.29 is 19.2 Å². The van der Waals surface area contributed by atoms with Crippen molar-refractivity contribution >= 4 is 17.3 Å². The van der Waals surface area contributed by atoms with E-state index in [2.05, 4.69) is 4.90 Å². The zero-order valence-corrected chi connectivity index (χ0v) is 14.0. The van der Waals surface area contributed by atoms with Crippen LogP contribution in [0.3, 0.4) is 0 Å². The van der Waals surface area contributed by atoms with Gasteiger partial charge in [0.15, 0.2) is 11.5 Å². The number of nitrogens with zero attached hydrogens (tertiary/aromatic N) is 3. The summed E-state index contributed by atoms with van der Waals surface area (Å²) in [5.41, 5.74) is 1.51. The number of para-hydroxylation sites is 1. The number of nitro benzene ring substituents is 1. The molecule has 0 aliphatic carbocycles. The van der Waals surface area contributed by atoms with Gasteiger partial charge >= 0.3 is 0 Å². The van der Waals surface area contributed by atoms with Crippen molar-refractivity contribution in [3.05, 3.63) is 58.1 Å². The van der Waals surface area contributed by atoms with Crippen molar-refractivity contribution in [2.45, 2.75) is 0 Å². The lowest BCUT2D eigenvalue weighted by Crippen LogP contribution is -2.48. The van der Waals surface area contributed by atoms with Crippen molar-refractivity contribution in [1.29, 1.82) is 0 Å². The minimum absolute atomic E-state index is 0.0720. The summed E-state index contributed by atoms with van der Waals surface area (Å²) in [7, 11) is 0. The Balaban J connectivity index is 1.43. The molecule has 134 valence electrons. The fraction of sp³-hybridized carbons (Fsp3) is 0.278. The van der Waals surface area contributed by atoms with Crippen LogP contribution >= 0.6 is 0 Å². The van der Waals surface area contributed by atoms with Gasteiger partial charge in [-0.3, -0.25) is 14.9 Å². The Morgan fingerprint density at radius 3 is 2.42 bits per heavy atom. The fourth-order valence-electron chi connectivity index (χ4n) is 3.22. The molecule has 0 aromatic heterocycles. The molecule has 1 fully saturated rings. The van der Waals surface area contributed by atoms with Crippen LogP contribution in [0.5, 0.6) is 11.5 Å². The number of piperazine rings is 1. The van der Waals surface area contributed by atoms with Crippen LogP contribution in [0, 0.1) is 10.1 Å². The van der Waals surface area contributed by atoms with Crippen LogP contribution in [-0.4, -0.2) is 48.7 Å². The molecule has 0 N–H and O–H groups in total. The number of nitro groups is 1. The lowest BCUT2D eigenvalue weighted by atomic mass is 10.1. The molecular weight excluding hydrogens is 338 g/mol. The van der Waals surface area contributed by atoms with Gasteiger partial charge in [-0.05, 0) is 24.3 Å². The SMILES string of the molecule is O=C(c1cccc2c1OCO2)N1CCN(c2ccc([N+](=O)[O-])cc2)CC1. The summed E-state index contributed by atoms with van der Waals surface area (Å²) in [5, 5.41) is 10.8. The monoisotopic (exact) mass is 355 g/mol. The second-order valence-corrected chi connectivity index (χ2v) is 6.09. The molecule has 0 saturated carbocycles.